The molecule has 0 aromatic carbocycles. The number of amides is 1. The summed E-state index contributed by atoms with van der Waals surface area (Å²) in [5, 5.41) is 0.904. The second-order valence-corrected chi connectivity index (χ2v) is 7.63. The molecule has 0 bridgehead atoms. The minimum atomic E-state index is 0.0822. The first-order chi connectivity index (χ1) is 11.7. The molecular formula is C17H19BrN4OS. The number of nitrogens with zero attached hydrogens (tertiary/aromatic N) is 4. The van der Waals surface area contributed by atoms with Crippen molar-refractivity contribution in [3.63, 3.8) is 0 Å². The van der Waals surface area contributed by atoms with Gasteiger partial charge in [0.15, 0.2) is 0 Å². The smallest absolute Gasteiger partial charge is 0.254 e. The number of thioether (sulfide) groups is 1. The van der Waals surface area contributed by atoms with E-state index in [4.69, 9.17) is 0 Å². The van der Waals surface area contributed by atoms with Crippen LogP contribution >= 0.6 is 27.7 Å². The average Bonchev–Trinajstić information content (AvgIpc) is 2.62. The second kappa shape index (κ2) is 7.98. The Bertz CT molecular complexity index is 702. The zero-order valence-corrected chi connectivity index (χ0v) is 15.9. The number of carbonyl (C=O) groups is 1. The Kier molecular flexibility index (Phi) is 5.73. The Labute approximate surface area is 154 Å². The van der Waals surface area contributed by atoms with E-state index in [1.807, 2.05) is 23.1 Å². The number of carbonyl (C=O) groups excluding carboxylic acids is 1. The lowest BCUT2D eigenvalue weighted by Gasteiger charge is -2.35. The van der Waals surface area contributed by atoms with Gasteiger partial charge in [-0.2, -0.15) is 0 Å². The van der Waals surface area contributed by atoms with Crippen molar-refractivity contribution in [2.24, 2.45) is 0 Å². The van der Waals surface area contributed by atoms with Gasteiger partial charge in [0, 0.05) is 48.6 Å². The van der Waals surface area contributed by atoms with Crippen LogP contribution in [0.15, 0.2) is 46.2 Å². The zero-order chi connectivity index (χ0) is 16.9. The van der Waals surface area contributed by atoms with Crippen LogP contribution in [-0.4, -0.2) is 52.7 Å². The average molecular weight is 407 g/mol. The third kappa shape index (κ3) is 4.08. The van der Waals surface area contributed by atoms with Crippen LogP contribution in [0.3, 0.4) is 0 Å². The third-order valence-corrected chi connectivity index (χ3v) is 5.15. The van der Waals surface area contributed by atoms with Gasteiger partial charge in [0.1, 0.15) is 5.82 Å². The van der Waals surface area contributed by atoms with E-state index >= 15 is 0 Å². The van der Waals surface area contributed by atoms with Gasteiger partial charge in [-0.1, -0.05) is 6.92 Å². The molecule has 24 heavy (non-hydrogen) atoms. The van der Waals surface area contributed by atoms with Crippen LogP contribution in [0.2, 0.25) is 0 Å². The lowest BCUT2D eigenvalue weighted by molar-refractivity contribution is 0.0746. The van der Waals surface area contributed by atoms with E-state index in [1.54, 1.807) is 30.2 Å². The van der Waals surface area contributed by atoms with Crippen molar-refractivity contribution in [3.05, 3.63) is 46.7 Å². The first-order valence-electron chi connectivity index (χ1n) is 7.92. The van der Waals surface area contributed by atoms with Gasteiger partial charge < -0.3 is 9.80 Å². The van der Waals surface area contributed by atoms with Crippen LogP contribution in [0.1, 0.15) is 17.3 Å². The van der Waals surface area contributed by atoms with Gasteiger partial charge in [0.05, 0.1) is 5.03 Å². The maximum absolute atomic E-state index is 12.7. The fourth-order valence-electron chi connectivity index (χ4n) is 2.65. The Morgan fingerprint density at radius 1 is 1.21 bits per heavy atom. The summed E-state index contributed by atoms with van der Waals surface area (Å²) in [5.74, 6) is 1.98. The van der Waals surface area contributed by atoms with Crippen molar-refractivity contribution >= 4 is 39.4 Å². The first kappa shape index (κ1) is 17.2. The third-order valence-electron chi connectivity index (χ3n) is 3.88. The Morgan fingerprint density at radius 2 is 2.00 bits per heavy atom. The van der Waals surface area contributed by atoms with Crippen molar-refractivity contribution in [2.45, 2.75) is 11.9 Å². The van der Waals surface area contributed by atoms with E-state index in [9.17, 15) is 4.79 Å². The minimum absolute atomic E-state index is 0.0822. The number of aromatic nitrogens is 2. The number of hydrogen-bond acceptors (Lipinski definition) is 5. The molecule has 1 saturated heterocycles. The molecule has 3 heterocycles. The quantitative estimate of drug-likeness (QED) is 0.728. The molecule has 0 N–H and O–H groups in total. The largest absolute Gasteiger partial charge is 0.353 e. The maximum atomic E-state index is 12.7. The maximum Gasteiger partial charge on any atom is 0.254 e. The highest BCUT2D eigenvalue weighted by molar-refractivity contribution is 9.10. The fraction of sp³-hybridized carbons (Fsp3) is 0.353. The number of piperazine rings is 1. The van der Waals surface area contributed by atoms with Gasteiger partial charge in [0.2, 0.25) is 0 Å². The monoisotopic (exact) mass is 406 g/mol. The molecule has 1 amide bonds. The van der Waals surface area contributed by atoms with Gasteiger partial charge in [-0.25, -0.2) is 9.97 Å². The molecule has 0 atom stereocenters. The highest BCUT2D eigenvalue weighted by Crippen LogP contribution is 2.19. The molecule has 5 nitrogen and oxygen atoms in total. The normalized spacial score (nSPS) is 14.8. The summed E-state index contributed by atoms with van der Waals surface area (Å²) in [6.45, 7) is 5.07. The molecule has 0 saturated carbocycles. The SMILES string of the molecule is CCSc1cc(C(=O)N2CCN(c3ccc(Br)cn3)CC2)ccn1. The van der Waals surface area contributed by atoms with Crippen molar-refractivity contribution in [3.8, 4) is 0 Å². The van der Waals surface area contributed by atoms with Gasteiger partial charge in [-0.15, -0.1) is 11.8 Å². The molecule has 1 fully saturated rings. The van der Waals surface area contributed by atoms with Crippen molar-refractivity contribution < 1.29 is 4.79 Å². The van der Waals surface area contributed by atoms with Crippen LogP contribution in [0, 0.1) is 0 Å². The molecule has 3 rings (SSSR count). The van der Waals surface area contributed by atoms with E-state index in [2.05, 4.69) is 37.7 Å². The van der Waals surface area contributed by atoms with Crippen molar-refractivity contribution in [1.29, 1.82) is 0 Å². The second-order valence-electron chi connectivity index (χ2n) is 5.43. The fourth-order valence-corrected chi connectivity index (χ4v) is 3.52. The Balaban J connectivity index is 1.62. The first-order valence-corrected chi connectivity index (χ1v) is 9.70. The van der Waals surface area contributed by atoms with E-state index in [0.29, 0.717) is 13.1 Å². The van der Waals surface area contributed by atoms with E-state index < -0.39 is 0 Å². The summed E-state index contributed by atoms with van der Waals surface area (Å²) < 4.78 is 0.971. The number of halogens is 1. The van der Waals surface area contributed by atoms with Crippen LogP contribution in [-0.2, 0) is 0 Å². The molecule has 7 heteroatoms. The topological polar surface area (TPSA) is 49.3 Å². The summed E-state index contributed by atoms with van der Waals surface area (Å²) in [6, 6.07) is 7.67. The molecule has 0 spiro atoms. The van der Waals surface area contributed by atoms with E-state index in [1.165, 1.54) is 0 Å². The van der Waals surface area contributed by atoms with Crippen LogP contribution in [0.25, 0.3) is 0 Å². The van der Waals surface area contributed by atoms with Gasteiger partial charge in [-0.3, -0.25) is 4.79 Å². The summed E-state index contributed by atoms with van der Waals surface area (Å²) >= 11 is 5.05. The standard InChI is InChI=1S/C17H19BrN4OS/c1-2-24-16-11-13(5-6-19-16)17(23)22-9-7-21(8-10-22)15-4-3-14(18)12-20-15/h3-6,11-12H,2,7-10H2,1H3. The molecule has 126 valence electrons. The molecule has 0 aliphatic carbocycles. The minimum Gasteiger partial charge on any atom is -0.353 e. The van der Waals surface area contributed by atoms with Crippen molar-refractivity contribution in [2.75, 3.05) is 36.8 Å². The predicted molar refractivity (Wildman–Crippen MR) is 101 cm³/mol. The molecule has 1 aliphatic rings. The van der Waals surface area contributed by atoms with Gasteiger partial charge in [-0.05, 0) is 45.9 Å². The van der Waals surface area contributed by atoms with Crippen LogP contribution in [0.4, 0.5) is 5.82 Å². The summed E-state index contributed by atoms with van der Waals surface area (Å²) in [7, 11) is 0. The highest BCUT2D eigenvalue weighted by atomic mass is 79.9. The predicted octanol–water partition coefficient (Wildman–Crippen LogP) is 3.31. The van der Waals surface area contributed by atoms with Crippen molar-refractivity contribution in [1.82, 2.24) is 14.9 Å². The molecular weight excluding hydrogens is 388 g/mol. The molecule has 0 radical (unpaired) electrons. The van der Waals surface area contributed by atoms with E-state index in [0.717, 1.165) is 39.7 Å². The number of pyridine rings is 2. The number of rotatable bonds is 4. The Hall–Kier alpha value is -1.60. The summed E-state index contributed by atoms with van der Waals surface area (Å²) in [4.78, 5) is 25.5. The van der Waals surface area contributed by atoms with Crippen LogP contribution in [0.5, 0.6) is 0 Å². The van der Waals surface area contributed by atoms with Gasteiger partial charge in [0.25, 0.3) is 5.91 Å². The molecule has 0 unspecified atom stereocenters. The highest BCUT2D eigenvalue weighted by Gasteiger charge is 2.23. The summed E-state index contributed by atoms with van der Waals surface area (Å²) in [5.41, 5.74) is 0.719. The zero-order valence-electron chi connectivity index (χ0n) is 13.5. The lowest BCUT2D eigenvalue weighted by atomic mass is 10.2. The number of anilines is 1. The molecule has 2 aromatic rings. The number of hydrogen-bond donors (Lipinski definition) is 0. The van der Waals surface area contributed by atoms with E-state index in [-0.39, 0.29) is 5.91 Å². The molecule has 2 aromatic heterocycles. The molecule has 1 aliphatic heterocycles. The van der Waals surface area contributed by atoms with Crippen LogP contribution < -0.4 is 4.90 Å². The summed E-state index contributed by atoms with van der Waals surface area (Å²) in [6.07, 6.45) is 3.52. The lowest BCUT2D eigenvalue weighted by Crippen LogP contribution is -2.49. The van der Waals surface area contributed by atoms with Gasteiger partial charge >= 0.3 is 0 Å². The Morgan fingerprint density at radius 3 is 2.67 bits per heavy atom.